The van der Waals surface area contributed by atoms with Gasteiger partial charge in [-0.1, -0.05) is 11.6 Å². The van der Waals surface area contributed by atoms with Gasteiger partial charge in [0.05, 0.1) is 30.2 Å². The van der Waals surface area contributed by atoms with Gasteiger partial charge in [-0.15, -0.1) is 10.2 Å². The number of anilines is 1. The molecule has 1 saturated heterocycles. The number of hydroxylamine groups is 1. The number of aromatic carboxylic acids is 1. The van der Waals surface area contributed by atoms with Crippen molar-refractivity contribution < 1.29 is 28.6 Å². The number of rotatable bonds is 7. The fourth-order valence-electron chi connectivity index (χ4n) is 5.64. The minimum absolute atomic E-state index is 0.0170. The number of benzene rings is 2. The van der Waals surface area contributed by atoms with Crippen LogP contribution in [0.3, 0.4) is 0 Å². The molecule has 4 aromatic rings. The molecule has 44 heavy (non-hydrogen) atoms. The molecule has 0 amide bonds. The number of halogens is 2. The van der Waals surface area contributed by atoms with Crippen LogP contribution in [0.25, 0.3) is 21.8 Å². The maximum absolute atomic E-state index is 16.0. The summed E-state index contributed by atoms with van der Waals surface area (Å²) in [6.07, 6.45) is 1.09. The first-order chi connectivity index (χ1) is 21.0. The maximum Gasteiger partial charge on any atom is 0.341 e. The van der Waals surface area contributed by atoms with E-state index in [0.29, 0.717) is 17.4 Å². The van der Waals surface area contributed by atoms with Crippen molar-refractivity contribution in [3.63, 3.8) is 0 Å². The molecule has 232 valence electrons. The second-order valence-electron chi connectivity index (χ2n) is 10.6. The number of carboxylic acids is 1. The number of aromatic nitrogens is 2. The highest BCUT2D eigenvalue weighted by atomic mass is 32.1. The zero-order valence-electron chi connectivity index (χ0n) is 24.5. The number of pyridine rings is 1. The van der Waals surface area contributed by atoms with Crippen molar-refractivity contribution in [2.45, 2.75) is 40.0 Å². The molecule has 1 unspecified atom stereocenters. The average molecular weight is 628 g/mol. The van der Waals surface area contributed by atoms with Crippen LogP contribution in [0, 0.1) is 18.6 Å². The molecule has 1 fully saturated rings. The molecule has 2 aromatic carbocycles. The Kier molecular flexibility index (Phi) is 8.63. The summed E-state index contributed by atoms with van der Waals surface area (Å²) in [5.41, 5.74) is 2.40. The Morgan fingerprint density at radius 2 is 1.98 bits per heavy atom. The summed E-state index contributed by atoms with van der Waals surface area (Å²) >= 11 is 5.04. The third-order valence-corrected chi connectivity index (χ3v) is 7.97. The van der Waals surface area contributed by atoms with Crippen molar-refractivity contribution in [2.24, 2.45) is 10.2 Å². The molecule has 1 atom stereocenters. The molecule has 3 N–H and O–H groups in total. The molecule has 0 bridgehead atoms. The lowest BCUT2D eigenvalue weighted by Gasteiger charge is -2.41. The fourth-order valence-corrected chi connectivity index (χ4v) is 5.76. The van der Waals surface area contributed by atoms with Gasteiger partial charge in [0, 0.05) is 43.8 Å². The topological polar surface area (TPSA) is 137 Å². The van der Waals surface area contributed by atoms with Crippen molar-refractivity contribution in [3.05, 3.63) is 63.4 Å². The van der Waals surface area contributed by atoms with Crippen molar-refractivity contribution in [3.8, 4) is 5.88 Å². The molecule has 2 aromatic heterocycles. The van der Waals surface area contributed by atoms with Crippen molar-refractivity contribution in [1.29, 1.82) is 0 Å². The number of nitrogens with one attached hydrogen (secondary N) is 1. The van der Waals surface area contributed by atoms with E-state index in [2.05, 4.69) is 20.6 Å². The van der Waals surface area contributed by atoms with Gasteiger partial charge >= 0.3 is 5.97 Å². The van der Waals surface area contributed by atoms with E-state index in [1.54, 1.807) is 16.4 Å². The average Bonchev–Trinajstić information content (AvgIpc) is 3.22. The molecule has 0 radical (unpaired) electrons. The zero-order valence-corrected chi connectivity index (χ0v) is 25.3. The normalized spacial score (nSPS) is 16.0. The predicted octanol–water partition coefficient (Wildman–Crippen LogP) is 4.65. The van der Waals surface area contributed by atoms with Gasteiger partial charge in [-0.3, -0.25) is 19.1 Å². The molecule has 1 aliphatic heterocycles. The predicted molar refractivity (Wildman–Crippen MR) is 165 cm³/mol. The molecular weight excluding hydrogens is 596 g/mol. The lowest BCUT2D eigenvalue weighted by Crippen LogP contribution is -2.52. The number of hydrogen-bond acceptors (Lipinski definition) is 8. The van der Waals surface area contributed by atoms with E-state index in [-0.39, 0.29) is 65.6 Å². The molecule has 15 heteroatoms. The highest BCUT2D eigenvalue weighted by Crippen LogP contribution is 2.40. The van der Waals surface area contributed by atoms with Crippen LogP contribution in [0.1, 0.15) is 29.8 Å². The molecule has 1 aliphatic rings. The first-order valence-corrected chi connectivity index (χ1v) is 14.2. The number of fused-ring (bicyclic) bond motifs is 2. The van der Waals surface area contributed by atoms with E-state index in [1.165, 1.54) is 11.7 Å². The molecule has 3 heterocycles. The third kappa shape index (κ3) is 5.49. The standard InChI is InChI=1S/C29H31F2N7O5S/c1-5-35-13-19(28(41)42)26(39)18-11-20(30)25(22(31)24(18)35)36-8-9-37(16(3)12-36)14-38-21-7-6-15(2)10-17(21)23(27(38)40)32-33-29(44)34-43-4/h6-7,10-11,13,16,40H,5,8-9,12,14H2,1-4H3,(H,34,44)(H,41,42). The molecule has 0 aliphatic carbocycles. The Balaban J connectivity index is 1.45. The number of aromatic hydroxyl groups is 1. The summed E-state index contributed by atoms with van der Waals surface area (Å²) in [6, 6.07) is 6.37. The largest absolute Gasteiger partial charge is 0.493 e. The van der Waals surface area contributed by atoms with Gasteiger partial charge in [0.2, 0.25) is 16.4 Å². The summed E-state index contributed by atoms with van der Waals surface area (Å²) < 4.78 is 34.5. The Morgan fingerprint density at radius 1 is 1.23 bits per heavy atom. The number of azo groups is 1. The van der Waals surface area contributed by atoms with Crippen LogP contribution >= 0.6 is 12.2 Å². The van der Waals surface area contributed by atoms with Crippen LogP contribution in [0.15, 0.2) is 45.5 Å². The van der Waals surface area contributed by atoms with E-state index in [4.69, 9.17) is 17.1 Å². The summed E-state index contributed by atoms with van der Waals surface area (Å²) in [5.74, 6) is -3.45. The minimum atomic E-state index is -1.47. The first-order valence-electron chi connectivity index (χ1n) is 13.8. The van der Waals surface area contributed by atoms with Crippen molar-refractivity contribution in [2.75, 3.05) is 31.6 Å². The van der Waals surface area contributed by atoms with Gasteiger partial charge in [0.25, 0.3) is 0 Å². The zero-order chi connectivity index (χ0) is 31.9. The van der Waals surface area contributed by atoms with Crippen LogP contribution in [-0.4, -0.2) is 68.1 Å². The van der Waals surface area contributed by atoms with Crippen molar-refractivity contribution >= 4 is 56.5 Å². The number of hydrogen-bond donors (Lipinski definition) is 3. The number of aryl methyl sites for hydroxylation is 2. The third-order valence-electron chi connectivity index (χ3n) is 7.80. The van der Waals surface area contributed by atoms with E-state index >= 15 is 8.78 Å². The monoisotopic (exact) mass is 627 g/mol. The van der Waals surface area contributed by atoms with E-state index < -0.39 is 28.6 Å². The highest BCUT2D eigenvalue weighted by molar-refractivity contribution is 7.80. The number of carbonyl (C=O) groups is 1. The number of piperazine rings is 1. The van der Waals surface area contributed by atoms with Gasteiger partial charge < -0.3 is 19.7 Å². The van der Waals surface area contributed by atoms with Crippen LogP contribution < -0.4 is 15.8 Å². The Hall–Kier alpha value is -4.47. The fraction of sp³-hybridized carbons (Fsp3) is 0.345. The number of carboxylic acid groups (broad SMARTS) is 1. The Morgan fingerprint density at radius 3 is 2.64 bits per heavy atom. The van der Waals surface area contributed by atoms with Gasteiger partial charge in [0.15, 0.2) is 11.5 Å². The SMILES string of the molecule is CCn1cc(C(=O)O)c(=O)c2cc(F)c(N3CCN(Cn4c(O)c(N=NC(=S)NOC)c5cc(C)ccc54)C(C)C3)c(F)c21. The van der Waals surface area contributed by atoms with Crippen molar-refractivity contribution in [1.82, 2.24) is 19.5 Å². The van der Waals surface area contributed by atoms with Crippen LogP contribution in [0.2, 0.25) is 0 Å². The summed E-state index contributed by atoms with van der Waals surface area (Å²) in [4.78, 5) is 32.7. The van der Waals surface area contributed by atoms with E-state index in [0.717, 1.165) is 17.8 Å². The number of nitrogens with zero attached hydrogens (tertiary/aromatic N) is 6. The summed E-state index contributed by atoms with van der Waals surface area (Å²) in [7, 11) is 1.39. The first kappa shape index (κ1) is 31.0. The second kappa shape index (κ2) is 12.3. The van der Waals surface area contributed by atoms with Crippen LogP contribution in [0.4, 0.5) is 20.2 Å². The Labute approximate surface area is 255 Å². The lowest BCUT2D eigenvalue weighted by molar-refractivity contribution is 0.0694. The van der Waals surface area contributed by atoms with Gasteiger partial charge in [-0.2, -0.15) is 0 Å². The van der Waals surface area contributed by atoms with Gasteiger partial charge in [-0.05, 0) is 51.2 Å². The summed E-state index contributed by atoms with van der Waals surface area (Å²) in [6.45, 7) is 6.81. The quantitative estimate of drug-likeness (QED) is 0.152. The second-order valence-corrected chi connectivity index (χ2v) is 10.9. The molecule has 0 saturated carbocycles. The molecule has 5 rings (SSSR count). The van der Waals surface area contributed by atoms with E-state index in [1.807, 2.05) is 32.0 Å². The smallest absolute Gasteiger partial charge is 0.341 e. The van der Waals surface area contributed by atoms with Crippen LogP contribution in [-0.2, 0) is 18.1 Å². The summed E-state index contributed by atoms with van der Waals surface area (Å²) in [5, 5.41) is 29.0. The number of thiocarbonyl (C=S) groups is 1. The highest BCUT2D eigenvalue weighted by Gasteiger charge is 2.31. The Bertz CT molecular complexity index is 1890. The minimum Gasteiger partial charge on any atom is -0.493 e. The van der Waals surface area contributed by atoms with Gasteiger partial charge in [0.1, 0.15) is 17.1 Å². The maximum atomic E-state index is 16.0. The van der Waals surface area contributed by atoms with Gasteiger partial charge in [-0.25, -0.2) is 19.1 Å². The molecule has 12 nitrogen and oxygen atoms in total. The molecule has 0 spiro atoms. The van der Waals surface area contributed by atoms with E-state index in [9.17, 15) is 19.8 Å². The lowest BCUT2D eigenvalue weighted by atomic mass is 10.1. The van der Waals surface area contributed by atoms with Crippen LogP contribution in [0.5, 0.6) is 5.88 Å². The molecular formula is C29H31F2N7O5S.